The lowest BCUT2D eigenvalue weighted by Crippen LogP contribution is -2.76. The molecule has 118 valence electrons. The summed E-state index contributed by atoms with van der Waals surface area (Å²) in [6, 6.07) is 0.302. The van der Waals surface area contributed by atoms with Crippen molar-refractivity contribution in [2.45, 2.75) is 57.7 Å². The number of carbonyl (C=O) groups excluding carboxylic acids is 1. The Labute approximate surface area is 132 Å². The van der Waals surface area contributed by atoms with Crippen molar-refractivity contribution in [1.82, 2.24) is 5.32 Å². The predicted molar refractivity (Wildman–Crippen MR) is 86.5 cm³/mol. The van der Waals surface area contributed by atoms with Gasteiger partial charge >= 0.3 is 0 Å². The lowest BCUT2D eigenvalue weighted by atomic mass is 9.54. The zero-order valence-corrected chi connectivity index (χ0v) is 14.2. The molecule has 1 heterocycles. The number of rotatable bonds is 4. The Morgan fingerprint density at radius 1 is 1.40 bits per heavy atom. The number of hydrogen-bond acceptors (Lipinski definition) is 4. The molecule has 1 aliphatic heterocycles. The van der Waals surface area contributed by atoms with Gasteiger partial charge in [0.25, 0.3) is 0 Å². The fourth-order valence-electron chi connectivity index (χ4n) is 2.98. The lowest BCUT2D eigenvalue weighted by Gasteiger charge is -2.57. The molecule has 0 radical (unpaired) electrons. The molecule has 20 heavy (non-hydrogen) atoms. The van der Waals surface area contributed by atoms with Gasteiger partial charge in [-0.05, 0) is 31.3 Å². The van der Waals surface area contributed by atoms with Gasteiger partial charge in [-0.2, -0.15) is 11.8 Å². The smallest absolute Gasteiger partial charge is 0.241 e. The molecular formula is C14H27ClN2O2S. The summed E-state index contributed by atoms with van der Waals surface area (Å²) in [6.45, 7) is 6.72. The topological polar surface area (TPSA) is 64.3 Å². The Morgan fingerprint density at radius 3 is 2.50 bits per heavy atom. The van der Waals surface area contributed by atoms with Crippen molar-refractivity contribution in [3.63, 3.8) is 0 Å². The Bertz CT molecular complexity index is 348. The Hall–Kier alpha value is 0.0300. The summed E-state index contributed by atoms with van der Waals surface area (Å²) in [6.07, 6.45) is 2.83. The average molecular weight is 323 g/mol. The minimum atomic E-state index is -0.780. The van der Waals surface area contributed by atoms with E-state index in [-0.39, 0.29) is 29.8 Å². The SMILES string of the molecule is CCOC1CC(N)(C(=O)NC2CCSCC2)C1(C)C.Cl. The number of hydrogen-bond donors (Lipinski definition) is 2. The van der Waals surface area contributed by atoms with E-state index in [0.717, 1.165) is 24.3 Å². The van der Waals surface area contributed by atoms with Crippen LogP contribution in [-0.4, -0.2) is 41.7 Å². The van der Waals surface area contributed by atoms with Crippen LogP contribution in [0.25, 0.3) is 0 Å². The summed E-state index contributed by atoms with van der Waals surface area (Å²) in [5.74, 6) is 2.27. The third-order valence-electron chi connectivity index (χ3n) is 4.79. The summed E-state index contributed by atoms with van der Waals surface area (Å²) in [4.78, 5) is 12.5. The summed E-state index contributed by atoms with van der Waals surface area (Å²) >= 11 is 1.96. The van der Waals surface area contributed by atoms with Gasteiger partial charge in [-0.25, -0.2) is 0 Å². The minimum absolute atomic E-state index is 0. The summed E-state index contributed by atoms with van der Waals surface area (Å²) in [7, 11) is 0. The lowest BCUT2D eigenvalue weighted by molar-refractivity contribution is -0.171. The van der Waals surface area contributed by atoms with Gasteiger partial charge in [0, 0.05) is 24.5 Å². The molecule has 1 saturated carbocycles. The zero-order chi connectivity index (χ0) is 14.1. The normalized spacial score (nSPS) is 32.9. The molecule has 0 aromatic rings. The molecule has 2 rings (SSSR count). The minimum Gasteiger partial charge on any atom is -0.378 e. The van der Waals surface area contributed by atoms with Crippen LogP contribution in [-0.2, 0) is 9.53 Å². The third kappa shape index (κ3) is 3.11. The number of nitrogens with two attached hydrogens (primary N) is 1. The first kappa shape index (κ1) is 18.1. The molecule has 2 unspecified atom stereocenters. The molecule has 6 heteroatoms. The van der Waals surface area contributed by atoms with Crippen molar-refractivity contribution >= 4 is 30.1 Å². The van der Waals surface area contributed by atoms with Crippen molar-refractivity contribution in [2.24, 2.45) is 11.1 Å². The van der Waals surface area contributed by atoms with E-state index >= 15 is 0 Å². The largest absolute Gasteiger partial charge is 0.378 e. The molecule has 2 atom stereocenters. The first-order chi connectivity index (χ1) is 8.91. The highest BCUT2D eigenvalue weighted by molar-refractivity contribution is 7.99. The summed E-state index contributed by atoms with van der Waals surface area (Å²) in [5, 5.41) is 3.15. The molecule has 1 aliphatic carbocycles. The monoisotopic (exact) mass is 322 g/mol. The maximum absolute atomic E-state index is 12.5. The molecule has 0 bridgehead atoms. The highest BCUT2D eigenvalue weighted by Crippen LogP contribution is 2.49. The van der Waals surface area contributed by atoms with Crippen LogP contribution in [0.1, 0.15) is 40.0 Å². The van der Waals surface area contributed by atoms with E-state index in [1.165, 1.54) is 0 Å². The van der Waals surface area contributed by atoms with Crippen molar-refractivity contribution in [1.29, 1.82) is 0 Å². The second-order valence-corrected chi connectivity index (χ2v) is 7.43. The van der Waals surface area contributed by atoms with Gasteiger partial charge in [0.2, 0.25) is 5.91 Å². The van der Waals surface area contributed by atoms with E-state index in [2.05, 4.69) is 5.32 Å². The first-order valence-electron chi connectivity index (χ1n) is 7.21. The molecule has 2 fully saturated rings. The number of nitrogens with one attached hydrogen (secondary N) is 1. The maximum atomic E-state index is 12.5. The van der Waals surface area contributed by atoms with Gasteiger partial charge in [-0.1, -0.05) is 13.8 Å². The van der Waals surface area contributed by atoms with E-state index in [1.807, 2.05) is 32.5 Å². The first-order valence-corrected chi connectivity index (χ1v) is 8.36. The van der Waals surface area contributed by atoms with Gasteiger partial charge in [-0.3, -0.25) is 4.79 Å². The summed E-state index contributed by atoms with van der Waals surface area (Å²) in [5.41, 5.74) is 5.29. The summed E-state index contributed by atoms with van der Waals surface area (Å²) < 4.78 is 5.67. The fraction of sp³-hybridized carbons (Fsp3) is 0.929. The van der Waals surface area contributed by atoms with Gasteiger partial charge in [0.1, 0.15) is 5.54 Å². The van der Waals surface area contributed by atoms with Crippen molar-refractivity contribution in [3.05, 3.63) is 0 Å². The number of amides is 1. The van der Waals surface area contributed by atoms with Crippen LogP contribution in [0.15, 0.2) is 0 Å². The Kier molecular flexibility index (Phi) is 6.20. The molecular weight excluding hydrogens is 296 g/mol. The third-order valence-corrected chi connectivity index (χ3v) is 5.84. The van der Waals surface area contributed by atoms with Crippen LogP contribution in [0.2, 0.25) is 0 Å². The number of carbonyl (C=O) groups is 1. The quantitative estimate of drug-likeness (QED) is 0.830. The van der Waals surface area contributed by atoms with Crippen molar-refractivity contribution in [2.75, 3.05) is 18.1 Å². The highest BCUT2D eigenvalue weighted by atomic mass is 35.5. The average Bonchev–Trinajstić information content (AvgIpc) is 2.39. The Morgan fingerprint density at radius 2 is 2.00 bits per heavy atom. The van der Waals surface area contributed by atoms with Crippen LogP contribution in [0, 0.1) is 5.41 Å². The van der Waals surface area contributed by atoms with E-state index in [9.17, 15) is 4.79 Å². The van der Waals surface area contributed by atoms with Crippen molar-refractivity contribution < 1.29 is 9.53 Å². The second-order valence-electron chi connectivity index (χ2n) is 6.20. The van der Waals surface area contributed by atoms with E-state index in [1.54, 1.807) is 0 Å². The van der Waals surface area contributed by atoms with Gasteiger partial charge in [0.15, 0.2) is 0 Å². The standard InChI is InChI=1S/C14H26N2O2S.ClH/c1-4-18-11-9-14(15,13(11,2)3)12(17)16-10-5-7-19-8-6-10;/h10-11H,4-9,15H2,1-3H3,(H,16,17);1H. The van der Waals surface area contributed by atoms with Crippen LogP contribution < -0.4 is 11.1 Å². The molecule has 1 amide bonds. The highest BCUT2D eigenvalue weighted by Gasteiger charge is 2.62. The molecule has 0 spiro atoms. The predicted octanol–water partition coefficient (Wildman–Crippen LogP) is 1.95. The fourth-order valence-corrected chi connectivity index (χ4v) is 4.08. The molecule has 2 aliphatic rings. The Balaban J connectivity index is 0.00000200. The number of thioether (sulfide) groups is 1. The molecule has 0 aromatic heterocycles. The molecule has 4 nitrogen and oxygen atoms in total. The van der Waals surface area contributed by atoms with Crippen LogP contribution >= 0.6 is 24.2 Å². The second kappa shape index (κ2) is 6.86. The zero-order valence-electron chi connectivity index (χ0n) is 12.6. The van der Waals surface area contributed by atoms with Gasteiger partial charge in [-0.15, -0.1) is 12.4 Å². The van der Waals surface area contributed by atoms with E-state index in [4.69, 9.17) is 10.5 Å². The molecule has 1 saturated heterocycles. The van der Waals surface area contributed by atoms with E-state index < -0.39 is 5.54 Å². The van der Waals surface area contributed by atoms with Crippen LogP contribution in [0.3, 0.4) is 0 Å². The van der Waals surface area contributed by atoms with Crippen LogP contribution in [0.5, 0.6) is 0 Å². The van der Waals surface area contributed by atoms with Gasteiger partial charge < -0.3 is 15.8 Å². The van der Waals surface area contributed by atoms with Crippen LogP contribution in [0.4, 0.5) is 0 Å². The molecule has 0 aromatic carbocycles. The molecule has 3 N–H and O–H groups in total. The number of halogens is 1. The van der Waals surface area contributed by atoms with E-state index in [0.29, 0.717) is 19.1 Å². The van der Waals surface area contributed by atoms with Crippen molar-refractivity contribution in [3.8, 4) is 0 Å². The maximum Gasteiger partial charge on any atom is 0.241 e. The van der Waals surface area contributed by atoms with Gasteiger partial charge in [0.05, 0.1) is 6.10 Å². The number of ether oxygens (including phenoxy) is 1.